The summed E-state index contributed by atoms with van der Waals surface area (Å²) in [5, 5.41) is 9.41. The normalized spacial score (nSPS) is 13.4. The topological polar surface area (TPSA) is 114 Å². The minimum Gasteiger partial charge on any atom is -0.496 e. The zero-order chi connectivity index (χ0) is 28.6. The van der Waals surface area contributed by atoms with Gasteiger partial charge in [0.25, 0.3) is 0 Å². The Labute approximate surface area is 233 Å². The number of amidine groups is 1. The molecule has 2 N–H and O–H groups in total. The SMILES string of the molecule is CN=C(Nc1nc(C)nc2[nH]c3cc(-c4c(C)noc4C)c(OC)cc3c12)C(=NC(C)C(C)C)c1ccccc1. The molecular formula is C31H35N7O2. The van der Waals surface area contributed by atoms with Crippen LogP contribution in [0.1, 0.15) is 43.6 Å². The zero-order valence-corrected chi connectivity index (χ0v) is 24.2. The third kappa shape index (κ3) is 4.95. The molecule has 206 valence electrons. The highest BCUT2D eigenvalue weighted by molar-refractivity contribution is 6.51. The maximum atomic E-state index is 5.85. The number of fused-ring (bicyclic) bond motifs is 3. The highest BCUT2D eigenvalue weighted by Crippen LogP contribution is 2.40. The van der Waals surface area contributed by atoms with Gasteiger partial charge in [-0.15, -0.1) is 0 Å². The molecule has 0 saturated carbocycles. The first-order valence-corrected chi connectivity index (χ1v) is 13.4. The lowest BCUT2D eigenvalue weighted by molar-refractivity contribution is 0.393. The molecule has 9 nitrogen and oxygen atoms in total. The number of aliphatic imine (C=N–C) groups is 2. The van der Waals surface area contributed by atoms with E-state index in [1.54, 1.807) is 14.2 Å². The second kappa shape index (κ2) is 10.9. The van der Waals surface area contributed by atoms with Crippen LogP contribution >= 0.6 is 0 Å². The van der Waals surface area contributed by atoms with E-state index in [1.165, 1.54) is 0 Å². The zero-order valence-electron chi connectivity index (χ0n) is 24.2. The Kier molecular flexibility index (Phi) is 7.38. The van der Waals surface area contributed by atoms with Crippen molar-refractivity contribution in [3.05, 3.63) is 65.3 Å². The van der Waals surface area contributed by atoms with Crippen LogP contribution in [0.5, 0.6) is 5.75 Å². The summed E-state index contributed by atoms with van der Waals surface area (Å²) in [7, 11) is 3.43. The van der Waals surface area contributed by atoms with Crippen LogP contribution in [0.25, 0.3) is 33.1 Å². The fourth-order valence-corrected chi connectivity index (χ4v) is 4.81. The Morgan fingerprint density at radius 1 is 1.05 bits per heavy atom. The molecule has 0 aliphatic heterocycles. The van der Waals surface area contributed by atoms with Crippen LogP contribution in [-0.4, -0.2) is 51.9 Å². The van der Waals surface area contributed by atoms with Crippen LogP contribution in [0.3, 0.4) is 0 Å². The van der Waals surface area contributed by atoms with E-state index in [0.717, 1.165) is 50.1 Å². The monoisotopic (exact) mass is 537 g/mol. The summed E-state index contributed by atoms with van der Waals surface area (Å²) < 4.78 is 11.3. The number of hydrogen-bond donors (Lipinski definition) is 2. The Balaban J connectivity index is 1.68. The van der Waals surface area contributed by atoms with Gasteiger partial charge in [0.2, 0.25) is 0 Å². The lowest BCUT2D eigenvalue weighted by atomic mass is 10.0. The molecule has 2 aromatic carbocycles. The Hall–Kier alpha value is -4.53. The third-order valence-corrected chi connectivity index (χ3v) is 7.22. The van der Waals surface area contributed by atoms with Crippen molar-refractivity contribution < 1.29 is 9.26 Å². The molecule has 0 spiro atoms. The molecule has 0 bridgehead atoms. The maximum Gasteiger partial charge on any atom is 0.152 e. The number of anilines is 1. The van der Waals surface area contributed by atoms with Crippen molar-refractivity contribution in [2.45, 2.75) is 47.6 Å². The quantitative estimate of drug-likeness (QED) is 0.177. The van der Waals surface area contributed by atoms with Crippen LogP contribution in [0.4, 0.5) is 5.82 Å². The van der Waals surface area contributed by atoms with Gasteiger partial charge in [-0.3, -0.25) is 9.98 Å². The van der Waals surface area contributed by atoms with E-state index >= 15 is 0 Å². The smallest absolute Gasteiger partial charge is 0.152 e. The summed E-state index contributed by atoms with van der Waals surface area (Å²) in [4.78, 5) is 22.7. The second-order valence-electron chi connectivity index (χ2n) is 10.3. The van der Waals surface area contributed by atoms with E-state index in [-0.39, 0.29) is 6.04 Å². The van der Waals surface area contributed by atoms with Gasteiger partial charge in [-0.05, 0) is 45.7 Å². The van der Waals surface area contributed by atoms with Gasteiger partial charge in [0.05, 0.1) is 29.8 Å². The molecule has 3 aromatic heterocycles. The van der Waals surface area contributed by atoms with Gasteiger partial charge in [0.1, 0.15) is 34.5 Å². The fraction of sp³-hybridized carbons (Fsp3) is 0.323. The molecule has 0 saturated heterocycles. The van der Waals surface area contributed by atoms with Gasteiger partial charge >= 0.3 is 0 Å². The van der Waals surface area contributed by atoms with Crippen molar-refractivity contribution in [1.82, 2.24) is 20.1 Å². The summed E-state index contributed by atoms with van der Waals surface area (Å²) in [6, 6.07) is 14.3. The third-order valence-electron chi connectivity index (χ3n) is 7.22. The molecule has 5 aromatic rings. The van der Waals surface area contributed by atoms with Gasteiger partial charge < -0.3 is 19.6 Å². The predicted molar refractivity (Wildman–Crippen MR) is 162 cm³/mol. The largest absolute Gasteiger partial charge is 0.496 e. The standard InChI is InChI=1S/C31H35N7O2/c1-16(2)17(3)33-28(21-12-10-9-11-13-21)31(32-7)37-30-27-22-15-25(39-8)23(26-18(4)38-40-19(26)5)14-24(22)36-29(27)34-20(6)35-30/h9-17H,1-8H3,(H2,32,34,35,36,37). The number of aromatic amines is 1. The lowest BCUT2D eigenvalue weighted by Gasteiger charge is -2.17. The molecule has 0 amide bonds. The van der Waals surface area contributed by atoms with Crippen molar-refractivity contribution in [2.75, 3.05) is 19.5 Å². The molecule has 5 rings (SSSR count). The van der Waals surface area contributed by atoms with Crippen LogP contribution in [-0.2, 0) is 0 Å². The lowest BCUT2D eigenvalue weighted by Crippen LogP contribution is -2.27. The van der Waals surface area contributed by atoms with Crippen molar-refractivity contribution in [2.24, 2.45) is 15.9 Å². The minimum absolute atomic E-state index is 0.0982. The molecule has 0 fully saturated rings. The summed E-state index contributed by atoms with van der Waals surface area (Å²) in [6.45, 7) is 12.2. The summed E-state index contributed by atoms with van der Waals surface area (Å²) in [5.41, 5.74) is 6.00. The highest BCUT2D eigenvalue weighted by atomic mass is 16.5. The maximum absolute atomic E-state index is 5.85. The van der Waals surface area contributed by atoms with Crippen molar-refractivity contribution in [3.63, 3.8) is 0 Å². The van der Waals surface area contributed by atoms with Gasteiger partial charge in [-0.25, -0.2) is 9.97 Å². The van der Waals surface area contributed by atoms with E-state index in [1.807, 2.05) is 57.2 Å². The molecule has 0 aliphatic rings. The van der Waals surface area contributed by atoms with E-state index in [2.05, 4.69) is 47.3 Å². The number of nitrogens with one attached hydrogen (secondary N) is 2. The van der Waals surface area contributed by atoms with E-state index in [0.29, 0.717) is 34.8 Å². The average molecular weight is 538 g/mol. The number of benzene rings is 2. The van der Waals surface area contributed by atoms with Crippen molar-refractivity contribution in [1.29, 1.82) is 0 Å². The molecule has 0 radical (unpaired) electrons. The number of H-pyrrole nitrogens is 1. The number of ether oxygens (including phenoxy) is 1. The van der Waals surface area contributed by atoms with Gasteiger partial charge in [-0.1, -0.05) is 49.3 Å². The minimum atomic E-state index is 0.0982. The molecular weight excluding hydrogens is 502 g/mol. The Morgan fingerprint density at radius 3 is 2.42 bits per heavy atom. The molecule has 1 unspecified atom stereocenters. The van der Waals surface area contributed by atoms with Crippen molar-refractivity contribution >= 4 is 39.3 Å². The van der Waals surface area contributed by atoms with Crippen LogP contribution in [0.2, 0.25) is 0 Å². The number of rotatable bonds is 7. The van der Waals surface area contributed by atoms with Crippen LogP contribution < -0.4 is 10.1 Å². The predicted octanol–water partition coefficient (Wildman–Crippen LogP) is 6.67. The van der Waals surface area contributed by atoms with E-state index in [4.69, 9.17) is 24.2 Å². The van der Waals surface area contributed by atoms with Gasteiger partial charge in [0.15, 0.2) is 5.84 Å². The van der Waals surface area contributed by atoms with Gasteiger partial charge in [-0.2, -0.15) is 0 Å². The summed E-state index contributed by atoms with van der Waals surface area (Å²) >= 11 is 0. The first kappa shape index (κ1) is 27.1. The number of nitrogens with zero attached hydrogens (tertiary/aromatic N) is 5. The Bertz CT molecular complexity index is 1730. The average Bonchev–Trinajstić information content (AvgIpc) is 3.47. The molecule has 40 heavy (non-hydrogen) atoms. The van der Waals surface area contributed by atoms with Crippen LogP contribution in [0, 0.1) is 26.7 Å². The van der Waals surface area contributed by atoms with Gasteiger partial charge in [0, 0.05) is 29.1 Å². The molecule has 3 heterocycles. The number of aromatic nitrogens is 4. The highest BCUT2D eigenvalue weighted by Gasteiger charge is 2.22. The number of aryl methyl sites for hydroxylation is 3. The van der Waals surface area contributed by atoms with E-state index < -0.39 is 0 Å². The number of methoxy groups -OCH3 is 1. The molecule has 1 atom stereocenters. The summed E-state index contributed by atoms with van der Waals surface area (Å²) in [5.74, 6) is 3.71. The molecule has 0 aliphatic carbocycles. The second-order valence-corrected chi connectivity index (χ2v) is 10.3. The van der Waals surface area contributed by atoms with Crippen LogP contribution in [0.15, 0.2) is 57.0 Å². The fourth-order valence-electron chi connectivity index (χ4n) is 4.81. The summed E-state index contributed by atoms with van der Waals surface area (Å²) in [6.07, 6.45) is 0. The van der Waals surface area contributed by atoms with Crippen molar-refractivity contribution in [3.8, 4) is 16.9 Å². The first-order valence-electron chi connectivity index (χ1n) is 13.4. The first-order chi connectivity index (χ1) is 19.2. The van der Waals surface area contributed by atoms with E-state index in [9.17, 15) is 0 Å². The molecule has 9 heteroatoms. The number of hydrogen-bond acceptors (Lipinski definition) is 7. The Morgan fingerprint density at radius 2 is 1.80 bits per heavy atom.